The molecule has 2 aromatic heterocycles. The summed E-state index contributed by atoms with van der Waals surface area (Å²) in [4.78, 5) is 24.3. The SMILES string of the molecule is Cc1c(C(=O)O)cn2ncc(C#N)c(Nc3ccc(Oc4ccccc4OC(C)(C)C(=O)OC(C)(C)C)cc3)c12. The van der Waals surface area contributed by atoms with Crippen LogP contribution in [0, 0.1) is 18.3 Å². The minimum Gasteiger partial charge on any atom is -0.478 e. The number of carboxylic acid groups (broad SMARTS) is 1. The van der Waals surface area contributed by atoms with Crippen LogP contribution in [0.25, 0.3) is 5.52 Å². The first kappa shape index (κ1) is 28.0. The number of rotatable bonds is 8. The Morgan fingerprint density at radius 2 is 1.68 bits per heavy atom. The lowest BCUT2D eigenvalue weighted by molar-refractivity contribution is -0.171. The zero-order valence-corrected chi connectivity index (χ0v) is 23.1. The average molecular weight is 543 g/mol. The number of carboxylic acids is 1. The van der Waals surface area contributed by atoms with Gasteiger partial charge in [-0.3, -0.25) is 0 Å². The third-order valence-electron chi connectivity index (χ3n) is 5.86. The number of esters is 1. The molecule has 4 aromatic rings. The van der Waals surface area contributed by atoms with E-state index in [4.69, 9.17) is 14.2 Å². The average Bonchev–Trinajstić information content (AvgIpc) is 3.22. The topological polar surface area (TPSA) is 135 Å². The van der Waals surface area contributed by atoms with Crippen LogP contribution in [0.4, 0.5) is 11.4 Å². The van der Waals surface area contributed by atoms with E-state index in [1.807, 2.05) is 0 Å². The summed E-state index contributed by atoms with van der Waals surface area (Å²) in [6, 6.07) is 16.1. The van der Waals surface area contributed by atoms with Gasteiger partial charge in [-0.05, 0) is 83.5 Å². The van der Waals surface area contributed by atoms with E-state index in [1.54, 1.807) is 90.1 Å². The molecule has 0 atom stereocenters. The molecule has 40 heavy (non-hydrogen) atoms. The van der Waals surface area contributed by atoms with Crippen molar-refractivity contribution in [1.29, 1.82) is 5.26 Å². The number of carbonyl (C=O) groups excluding carboxylic acids is 1. The van der Waals surface area contributed by atoms with Gasteiger partial charge in [0.15, 0.2) is 17.1 Å². The van der Waals surface area contributed by atoms with E-state index in [1.165, 1.54) is 16.9 Å². The first-order chi connectivity index (χ1) is 18.8. The molecule has 0 saturated carbocycles. The molecule has 0 bridgehead atoms. The summed E-state index contributed by atoms with van der Waals surface area (Å²) in [7, 11) is 0. The van der Waals surface area contributed by atoms with Crippen molar-refractivity contribution in [3.8, 4) is 23.3 Å². The number of aromatic nitrogens is 2. The number of para-hydroxylation sites is 2. The van der Waals surface area contributed by atoms with Gasteiger partial charge in [0.05, 0.1) is 28.5 Å². The maximum absolute atomic E-state index is 12.7. The molecule has 0 spiro atoms. The minimum atomic E-state index is -1.26. The van der Waals surface area contributed by atoms with Crippen LogP contribution < -0.4 is 14.8 Å². The first-order valence-corrected chi connectivity index (χ1v) is 12.5. The number of aryl methyl sites for hydroxylation is 1. The predicted octanol–water partition coefficient (Wildman–Crippen LogP) is 6.25. The Morgan fingerprint density at radius 3 is 2.27 bits per heavy atom. The van der Waals surface area contributed by atoms with Gasteiger partial charge in [0.25, 0.3) is 0 Å². The molecule has 0 radical (unpaired) electrons. The van der Waals surface area contributed by atoms with Crippen molar-refractivity contribution in [3.05, 3.63) is 77.6 Å². The Balaban J connectivity index is 1.56. The van der Waals surface area contributed by atoms with Crippen molar-refractivity contribution in [2.45, 2.75) is 52.7 Å². The van der Waals surface area contributed by atoms with Crippen LogP contribution in [0.1, 0.15) is 56.1 Å². The largest absolute Gasteiger partial charge is 0.478 e. The molecule has 0 fully saturated rings. The summed E-state index contributed by atoms with van der Waals surface area (Å²) >= 11 is 0. The van der Waals surface area contributed by atoms with E-state index in [2.05, 4.69) is 16.5 Å². The summed E-state index contributed by atoms with van der Waals surface area (Å²) in [6.45, 7) is 10.3. The van der Waals surface area contributed by atoms with Gasteiger partial charge >= 0.3 is 11.9 Å². The van der Waals surface area contributed by atoms with E-state index in [9.17, 15) is 20.0 Å². The highest BCUT2D eigenvalue weighted by atomic mass is 16.6. The summed E-state index contributed by atoms with van der Waals surface area (Å²) in [6.07, 6.45) is 2.80. The molecule has 0 aliphatic rings. The van der Waals surface area contributed by atoms with E-state index in [0.29, 0.717) is 39.7 Å². The smallest absolute Gasteiger partial charge is 0.350 e. The lowest BCUT2D eigenvalue weighted by atomic mass is 10.1. The quantitative estimate of drug-likeness (QED) is 0.248. The van der Waals surface area contributed by atoms with Crippen molar-refractivity contribution in [1.82, 2.24) is 9.61 Å². The van der Waals surface area contributed by atoms with Crippen molar-refractivity contribution in [3.63, 3.8) is 0 Å². The Kier molecular flexibility index (Phi) is 7.42. The second-order valence-corrected chi connectivity index (χ2v) is 10.6. The fourth-order valence-corrected chi connectivity index (χ4v) is 3.93. The summed E-state index contributed by atoms with van der Waals surface area (Å²) in [5, 5.41) is 26.5. The van der Waals surface area contributed by atoms with Crippen molar-refractivity contribution in [2.75, 3.05) is 5.32 Å². The molecule has 0 unspecified atom stereocenters. The number of aromatic carboxylic acids is 1. The fraction of sp³-hybridized carbons (Fsp3) is 0.267. The molecule has 0 saturated heterocycles. The van der Waals surface area contributed by atoms with Crippen LogP contribution in [0.5, 0.6) is 17.2 Å². The van der Waals surface area contributed by atoms with Crippen LogP contribution >= 0.6 is 0 Å². The fourth-order valence-electron chi connectivity index (χ4n) is 3.93. The van der Waals surface area contributed by atoms with Gasteiger partial charge in [-0.1, -0.05) is 12.1 Å². The number of anilines is 2. The number of benzene rings is 2. The van der Waals surface area contributed by atoms with E-state index in [0.717, 1.165) is 0 Å². The minimum absolute atomic E-state index is 0.102. The van der Waals surface area contributed by atoms with Gasteiger partial charge in [0.2, 0.25) is 0 Å². The van der Waals surface area contributed by atoms with Gasteiger partial charge < -0.3 is 24.6 Å². The molecule has 0 aliphatic heterocycles. The number of nitrogens with zero attached hydrogens (tertiary/aromatic N) is 3. The number of nitriles is 1. The predicted molar refractivity (Wildman–Crippen MR) is 148 cm³/mol. The van der Waals surface area contributed by atoms with E-state index < -0.39 is 23.1 Å². The number of ether oxygens (including phenoxy) is 3. The monoisotopic (exact) mass is 542 g/mol. The number of hydrogen-bond donors (Lipinski definition) is 2. The van der Waals surface area contributed by atoms with Gasteiger partial charge in [0.1, 0.15) is 17.4 Å². The van der Waals surface area contributed by atoms with Crippen molar-refractivity contribution in [2.24, 2.45) is 0 Å². The Labute approximate surface area is 231 Å². The van der Waals surface area contributed by atoms with Crippen LogP contribution in [-0.4, -0.2) is 37.9 Å². The summed E-state index contributed by atoms with van der Waals surface area (Å²) in [5.74, 6) is -0.290. The summed E-state index contributed by atoms with van der Waals surface area (Å²) in [5.41, 5.74) is 0.532. The first-order valence-electron chi connectivity index (χ1n) is 12.5. The van der Waals surface area contributed by atoms with Gasteiger partial charge in [-0.25, -0.2) is 14.1 Å². The van der Waals surface area contributed by atoms with Gasteiger partial charge in [-0.2, -0.15) is 10.4 Å². The Morgan fingerprint density at radius 1 is 1.02 bits per heavy atom. The molecule has 2 N–H and O–H groups in total. The standard InChI is InChI=1S/C30H30N4O6/c1-18-22(27(35)36)17-34-26(18)25(19(15-31)16-32-34)33-20-11-13-21(14-12-20)38-23-9-7-8-10-24(23)39-30(5,6)28(37)40-29(2,3)4/h7-14,16-17,33H,1-6H3,(H,35,36). The Bertz CT molecular complexity index is 1630. The molecule has 0 amide bonds. The van der Waals surface area contributed by atoms with Crippen LogP contribution in [0.15, 0.2) is 60.9 Å². The van der Waals surface area contributed by atoms with Crippen LogP contribution in [-0.2, 0) is 9.53 Å². The highest BCUT2D eigenvalue weighted by Gasteiger charge is 2.35. The van der Waals surface area contributed by atoms with E-state index in [-0.39, 0.29) is 11.1 Å². The molecule has 0 aliphatic carbocycles. The second kappa shape index (κ2) is 10.6. The third kappa shape index (κ3) is 5.99. The molecular formula is C30H30N4O6. The lowest BCUT2D eigenvalue weighted by Crippen LogP contribution is -2.43. The second-order valence-electron chi connectivity index (χ2n) is 10.6. The number of carbonyl (C=O) groups is 2. The van der Waals surface area contributed by atoms with Crippen molar-refractivity contribution >= 4 is 28.8 Å². The van der Waals surface area contributed by atoms with Gasteiger partial charge in [0, 0.05) is 11.9 Å². The molecular weight excluding hydrogens is 512 g/mol. The van der Waals surface area contributed by atoms with E-state index >= 15 is 0 Å². The number of hydrogen-bond acceptors (Lipinski definition) is 8. The summed E-state index contributed by atoms with van der Waals surface area (Å²) < 4.78 is 19.0. The zero-order chi connectivity index (χ0) is 29.2. The Hall–Kier alpha value is -5.04. The van der Waals surface area contributed by atoms with Crippen LogP contribution in [0.3, 0.4) is 0 Å². The molecule has 10 nitrogen and oxygen atoms in total. The molecule has 2 aromatic carbocycles. The molecule has 206 valence electrons. The maximum Gasteiger partial charge on any atom is 0.350 e. The maximum atomic E-state index is 12.7. The molecule has 2 heterocycles. The lowest BCUT2D eigenvalue weighted by Gasteiger charge is -2.29. The normalized spacial score (nSPS) is 11.5. The number of nitrogens with one attached hydrogen (secondary N) is 1. The highest BCUT2D eigenvalue weighted by molar-refractivity contribution is 5.96. The number of fused-ring (bicyclic) bond motifs is 1. The highest BCUT2D eigenvalue weighted by Crippen LogP contribution is 2.35. The van der Waals surface area contributed by atoms with Crippen molar-refractivity contribution < 1.29 is 28.9 Å². The molecule has 4 rings (SSSR count). The zero-order valence-electron chi connectivity index (χ0n) is 23.1. The van der Waals surface area contributed by atoms with Gasteiger partial charge in [-0.15, -0.1) is 0 Å². The molecule has 10 heteroatoms. The van der Waals surface area contributed by atoms with Crippen LogP contribution in [0.2, 0.25) is 0 Å². The third-order valence-corrected chi connectivity index (χ3v) is 5.86.